The summed E-state index contributed by atoms with van der Waals surface area (Å²) in [6.45, 7) is 7.14. The molecule has 2 rings (SSSR count). The molecule has 0 aliphatic carbocycles. The Morgan fingerprint density at radius 1 is 1.41 bits per heavy atom. The van der Waals surface area contributed by atoms with Crippen molar-refractivity contribution in [3.05, 3.63) is 11.4 Å². The molecule has 1 aliphatic rings. The van der Waals surface area contributed by atoms with Gasteiger partial charge in [0.1, 0.15) is 4.90 Å². The van der Waals surface area contributed by atoms with E-state index in [0.29, 0.717) is 35.9 Å². The number of rotatable bonds is 2. The van der Waals surface area contributed by atoms with Crippen LogP contribution in [0, 0.1) is 13.8 Å². The van der Waals surface area contributed by atoms with Gasteiger partial charge in [0, 0.05) is 25.7 Å². The number of piperazine rings is 1. The Bertz CT molecular complexity index is 489. The van der Waals surface area contributed by atoms with E-state index in [1.54, 1.807) is 13.8 Å². The summed E-state index contributed by atoms with van der Waals surface area (Å²) in [6, 6.07) is 0.186. The fourth-order valence-corrected chi connectivity index (χ4v) is 4.03. The van der Waals surface area contributed by atoms with Crippen molar-refractivity contribution in [3.8, 4) is 0 Å². The molecule has 0 radical (unpaired) electrons. The van der Waals surface area contributed by atoms with Crippen LogP contribution in [0.4, 0.5) is 0 Å². The molecule has 1 atom stereocenters. The number of hydrogen-bond donors (Lipinski definition) is 2. The number of nitrogens with zero attached hydrogens (tertiary/aromatic N) is 2. The number of aromatic amines is 1. The maximum absolute atomic E-state index is 12.5. The first-order chi connectivity index (χ1) is 7.93. The van der Waals surface area contributed by atoms with Gasteiger partial charge in [0.25, 0.3) is 0 Å². The van der Waals surface area contributed by atoms with E-state index in [-0.39, 0.29) is 6.04 Å². The van der Waals surface area contributed by atoms with Gasteiger partial charge >= 0.3 is 0 Å². The van der Waals surface area contributed by atoms with Crippen LogP contribution in [-0.2, 0) is 10.0 Å². The normalized spacial score (nSPS) is 22.9. The summed E-state index contributed by atoms with van der Waals surface area (Å²) in [5, 5.41) is 9.90. The molecule has 0 bridgehead atoms. The number of nitrogens with one attached hydrogen (secondary N) is 2. The van der Waals surface area contributed by atoms with Crippen molar-refractivity contribution in [2.24, 2.45) is 0 Å². The fraction of sp³-hybridized carbons (Fsp3) is 0.700. The molecular formula is C10H18N4O2S. The summed E-state index contributed by atoms with van der Waals surface area (Å²) < 4.78 is 26.5. The quantitative estimate of drug-likeness (QED) is 0.783. The fourth-order valence-electron chi connectivity index (χ4n) is 2.17. The Balaban J connectivity index is 2.36. The van der Waals surface area contributed by atoms with Crippen molar-refractivity contribution in [3.63, 3.8) is 0 Å². The van der Waals surface area contributed by atoms with Crippen LogP contribution in [0.2, 0.25) is 0 Å². The van der Waals surface area contributed by atoms with Crippen molar-refractivity contribution < 1.29 is 8.42 Å². The average Bonchev–Trinajstić information content (AvgIpc) is 2.59. The molecule has 1 fully saturated rings. The highest BCUT2D eigenvalue weighted by molar-refractivity contribution is 7.89. The van der Waals surface area contributed by atoms with Crippen molar-refractivity contribution >= 4 is 10.0 Å². The van der Waals surface area contributed by atoms with E-state index in [1.165, 1.54) is 4.31 Å². The Hall–Kier alpha value is -0.920. The largest absolute Gasteiger partial charge is 0.312 e. The van der Waals surface area contributed by atoms with Crippen LogP contribution in [0.25, 0.3) is 0 Å². The van der Waals surface area contributed by atoms with Crippen LogP contribution >= 0.6 is 0 Å². The molecule has 0 spiro atoms. The summed E-state index contributed by atoms with van der Waals surface area (Å²) >= 11 is 0. The highest BCUT2D eigenvalue weighted by Crippen LogP contribution is 2.22. The molecule has 0 saturated carbocycles. The first-order valence-electron chi connectivity index (χ1n) is 5.68. The van der Waals surface area contributed by atoms with Gasteiger partial charge in [-0.3, -0.25) is 5.10 Å². The van der Waals surface area contributed by atoms with Crippen molar-refractivity contribution in [2.75, 3.05) is 19.6 Å². The minimum atomic E-state index is -3.41. The SMILES string of the molecule is Cc1n[nH]c(C)c1S(=O)(=O)N1CCN[C@H](C)C1. The smallest absolute Gasteiger partial charge is 0.246 e. The number of aryl methyl sites for hydroxylation is 2. The van der Waals surface area contributed by atoms with Crippen LogP contribution in [0.1, 0.15) is 18.3 Å². The zero-order valence-electron chi connectivity index (χ0n) is 10.3. The van der Waals surface area contributed by atoms with E-state index < -0.39 is 10.0 Å². The Morgan fingerprint density at radius 2 is 2.12 bits per heavy atom. The van der Waals surface area contributed by atoms with E-state index in [1.807, 2.05) is 6.92 Å². The van der Waals surface area contributed by atoms with Crippen LogP contribution in [0.15, 0.2) is 4.90 Å². The Labute approximate surface area is 101 Å². The van der Waals surface area contributed by atoms with Crippen LogP contribution in [0.3, 0.4) is 0 Å². The number of H-pyrrole nitrogens is 1. The molecule has 1 aliphatic heterocycles. The third-order valence-electron chi connectivity index (χ3n) is 2.99. The maximum Gasteiger partial charge on any atom is 0.246 e. The minimum Gasteiger partial charge on any atom is -0.312 e. The molecule has 1 aromatic rings. The lowest BCUT2D eigenvalue weighted by molar-refractivity contribution is 0.310. The molecule has 0 unspecified atom stereocenters. The first kappa shape index (κ1) is 12.5. The standard InChI is InChI=1S/C10H18N4O2S/c1-7-6-14(5-4-11-7)17(15,16)10-8(2)12-13-9(10)3/h7,11H,4-6H2,1-3H3,(H,12,13)/t7-/m1/s1. The third kappa shape index (κ3) is 2.22. The zero-order valence-corrected chi connectivity index (χ0v) is 11.1. The molecule has 0 aromatic carbocycles. The van der Waals surface area contributed by atoms with Gasteiger partial charge in [-0.25, -0.2) is 8.42 Å². The predicted molar refractivity (Wildman–Crippen MR) is 64.3 cm³/mol. The molecule has 2 heterocycles. The van der Waals surface area contributed by atoms with Gasteiger partial charge in [-0.15, -0.1) is 0 Å². The summed E-state index contributed by atoms with van der Waals surface area (Å²) in [7, 11) is -3.41. The lowest BCUT2D eigenvalue weighted by Gasteiger charge is -2.31. The van der Waals surface area contributed by atoms with E-state index in [9.17, 15) is 8.42 Å². The van der Waals surface area contributed by atoms with Crippen LogP contribution in [0.5, 0.6) is 0 Å². The van der Waals surface area contributed by atoms with Gasteiger partial charge in [0.15, 0.2) is 0 Å². The molecule has 96 valence electrons. The highest BCUT2D eigenvalue weighted by Gasteiger charge is 2.32. The van der Waals surface area contributed by atoms with E-state index in [4.69, 9.17) is 0 Å². The number of sulfonamides is 1. The Morgan fingerprint density at radius 3 is 2.65 bits per heavy atom. The molecule has 6 nitrogen and oxygen atoms in total. The zero-order chi connectivity index (χ0) is 12.6. The van der Waals surface area contributed by atoms with Gasteiger partial charge in [-0.2, -0.15) is 9.40 Å². The van der Waals surface area contributed by atoms with Gasteiger partial charge in [-0.1, -0.05) is 0 Å². The predicted octanol–water partition coefficient (Wildman–Crippen LogP) is 0.00894. The van der Waals surface area contributed by atoms with Gasteiger partial charge in [-0.05, 0) is 20.8 Å². The lowest BCUT2D eigenvalue weighted by Crippen LogP contribution is -2.51. The Kier molecular flexibility index (Phi) is 3.24. The van der Waals surface area contributed by atoms with E-state index in [0.717, 1.165) is 0 Å². The molecular weight excluding hydrogens is 240 g/mol. The maximum atomic E-state index is 12.5. The second-order valence-electron chi connectivity index (χ2n) is 4.48. The average molecular weight is 258 g/mol. The van der Waals surface area contributed by atoms with Crippen molar-refractivity contribution in [2.45, 2.75) is 31.7 Å². The number of aromatic nitrogens is 2. The molecule has 1 aromatic heterocycles. The third-order valence-corrected chi connectivity index (χ3v) is 5.12. The van der Waals surface area contributed by atoms with Gasteiger partial charge in [0.05, 0.1) is 11.4 Å². The molecule has 17 heavy (non-hydrogen) atoms. The summed E-state index contributed by atoms with van der Waals surface area (Å²) in [5.41, 5.74) is 1.14. The summed E-state index contributed by atoms with van der Waals surface area (Å²) in [4.78, 5) is 0.326. The van der Waals surface area contributed by atoms with Crippen LogP contribution in [-0.4, -0.2) is 48.6 Å². The second kappa shape index (κ2) is 4.40. The van der Waals surface area contributed by atoms with Gasteiger partial charge in [0.2, 0.25) is 10.0 Å². The van der Waals surface area contributed by atoms with Crippen molar-refractivity contribution in [1.29, 1.82) is 0 Å². The molecule has 0 amide bonds. The first-order valence-corrected chi connectivity index (χ1v) is 7.12. The molecule has 1 saturated heterocycles. The number of hydrogen-bond acceptors (Lipinski definition) is 4. The molecule has 2 N–H and O–H groups in total. The lowest BCUT2D eigenvalue weighted by atomic mass is 10.3. The second-order valence-corrected chi connectivity index (χ2v) is 6.36. The molecule has 7 heteroatoms. The summed E-state index contributed by atoms with van der Waals surface area (Å²) in [6.07, 6.45) is 0. The minimum absolute atomic E-state index is 0.186. The topological polar surface area (TPSA) is 78.1 Å². The van der Waals surface area contributed by atoms with Crippen molar-refractivity contribution in [1.82, 2.24) is 19.8 Å². The van der Waals surface area contributed by atoms with Gasteiger partial charge < -0.3 is 5.32 Å². The van der Waals surface area contributed by atoms with Crippen LogP contribution < -0.4 is 5.32 Å². The summed E-state index contributed by atoms with van der Waals surface area (Å²) in [5.74, 6) is 0. The highest BCUT2D eigenvalue weighted by atomic mass is 32.2. The monoisotopic (exact) mass is 258 g/mol. The van der Waals surface area contributed by atoms with E-state index in [2.05, 4.69) is 15.5 Å². The van der Waals surface area contributed by atoms with E-state index >= 15 is 0 Å².